The van der Waals surface area contributed by atoms with Gasteiger partial charge < -0.3 is 10.2 Å². The summed E-state index contributed by atoms with van der Waals surface area (Å²) in [6.45, 7) is 0.500. The van der Waals surface area contributed by atoms with E-state index >= 15 is 0 Å². The van der Waals surface area contributed by atoms with Crippen molar-refractivity contribution in [2.75, 3.05) is 12.4 Å². The summed E-state index contributed by atoms with van der Waals surface area (Å²) in [6.07, 6.45) is 3.62. The average Bonchev–Trinajstić information content (AvgIpc) is 2.74. The van der Waals surface area contributed by atoms with Gasteiger partial charge in [0.1, 0.15) is 0 Å². The molecule has 0 fully saturated rings. The zero-order chi connectivity index (χ0) is 13.8. The highest BCUT2D eigenvalue weighted by molar-refractivity contribution is 6.30. The molecule has 0 saturated heterocycles. The molecular formula is C13H15ClN4O. The molecule has 0 aliphatic rings. The predicted octanol–water partition coefficient (Wildman–Crippen LogP) is 2.74. The monoisotopic (exact) mass is 278 g/mol. The van der Waals surface area contributed by atoms with E-state index in [-0.39, 0.29) is 6.03 Å². The van der Waals surface area contributed by atoms with Gasteiger partial charge in [-0.1, -0.05) is 17.7 Å². The number of benzene rings is 1. The van der Waals surface area contributed by atoms with E-state index in [0.29, 0.717) is 17.3 Å². The van der Waals surface area contributed by atoms with Crippen LogP contribution in [0.5, 0.6) is 0 Å². The van der Waals surface area contributed by atoms with E-state index in [1.165, 1.54) is 0 Å². The van der Waals surface area contributed by atoms with Gasteiger partial charge in [-0.25, -0.2) is 4.79 Å². The molecule has 2 rings (SSSR count). The van der Waals surface area contributed by atoms with Crippen molar-refractivity contribution < 1.29 is 4.79 Å². The van der Waals surface area contributed by atoms with Crippen LogP contribution < -0.4 is 5.32 Å². The van der Waals surface area contributed by atoms with Crippen LogP contribution in [0.15, 0.2) is 36.7 Å². The number of hydrogen-bond donors (Lipinski definition) is 1. The molecule has 6 heteroatoms. The Kier molecular flexibility index (Phi) is 4.06. The number of hydrogen-bond acceptors (Lipinski definition) is 2. The maximum Gasteiger partial charge on any atom is 0.321 e. The molecule has 0 aliphatic heterocycles. The smallest absolute Gasteiger partial charge is 0.321 e. The van der Waals surface area contributed by atoms with Crippen LogP contribution in [0, 0.1) is 0 Å². The van der Waals surface area contributed by atoms with Crippen molar-refractivity contribution in [2.24, 2.45) is 7.05 Å². The van der Waals surface area contributed by atoms with Gasteiger partial charge in [0.15, 0.2) is 0 Å². The van der Waals surface area contributed by atoms with Crippen LogP contribution in [0.3, 0.4) is 0 Å². The highest BCUT2D eigenvalue weighted by Gasteiger charge is 2.10. The fourth-order valence-corrected chi connectivity index (χ4v) is 1.87. The Morgan fingerprint density at radius 1 is 1.53 bits per heavy atom. The maximum absolute atomic E-state index is 12.0. The van der Waals surface area contributed by atoms with E-state index in [1.807, 2.05) is 13.2 Å². The van der Waals surface area contributed by atoms with E-state index < -0.39 is 0 Å². The van der Waals surface area contributed by atoms with Crippen LogP contribution in [0.2, 0.25) is 5.02 Å². The standard InChI is InChI=1S/C13H15ClN4O/c1-17(8-10-7-15-18(2)9-10)13(19)16-12-5-3-4-11(14)6-12/h3-7,9H,8H2,1-2H3,(H,16,19). The lowest BCUT2D eigenvalue weighted by Crippen LogP contribution is -2.30. The van der Waals surface area contributed by atoms with Crippen molar-refractivity contribution in [2.45, 2.75) is 6.54 Å². The number of urea groups is 1. The van der Waals surface area contributed by atoms with Crippen LogP contribution in [0.4, 0.5) is 10.5 Å². The first-order chi connectivity index (χ1) is 9.04. The lowest BCUT2D eigenvalue weighted by atomic mass is 10.3. The van der Waals surface area contributed by atoms with Crippen LogP contribution in [-0.4, -0.2) is 27.8 Å². The number of carbonyl (C=O) groups is 1. The van der Waals surface area contributed by atoms with Gasteiger partial charge >= 0.3 is 6.03 Å². The number of rotatable bonds is 3. The summed E-state index contributed by atoms with van der Waals surface area (Å²) in [6, 6.07) is 6.86. The first kappa shape index (κ1) is 13.4. The number of nitrogens with zero attached hydrogens (tertiary/aromatic N) is 3. The summed E-state index contributed by atoms with van der Waals surface area (Å²) in [7, 11) is 3.57. The molecule has 1 heterocycles. The molecule has 2 aromatic rings. The van der Waals surface area contributed by atoms with Crippen LogP contribution in [0.1, 0.15) is 5.56 Å². The Morgan fingerprint density at radius 3 is 2.95 bits per heavy atom. The van der Waals surface area contributed by atoms with Crippen LogP contribution >= 0.6 is 11.6 Å². The Labute approximate surface area is 116 Å². The molecule has 0 atom stereocenters. The number of anilines is 1. The van der Waals surface area contributed by atoms with Crippen molar-refractivity contribution in [3.8, 4) is 0 Å². The summed E-state index contributed by atoms with van der Waals surface area (Å²) < 4.78 is 1.71. The molecule has 0 radical (unpaired) electrons. The van der Waals surface area contributed by atoms with Gasteiger partial charge in [-0.05, 0) is 18.2 Å². The molecule has 0 spiro atoms. The van der Waals surface area contributed by atoms with E-state index in [4.69, 9.17) is 11.6 Å². The van der Waals surface area contributed by atoms with Gasteiger partial charge in [0.25, 0.3) is 0 Å². The van der Waals surface area contributed by atoms with Crippen molar-refractivity contribution in [1.82, 2.24) is 14.7 Å². The molecule has 1 aromatic carbocycles. The van der Waals surface area contributed by atoms with Gasteiger partial charge in [-0.15, -0.1) is 0 Å². The van der Waals surface area contributed by atoms with Crippen LogP contribution in [-0.2, 0) is 13.6 Å². The normalized spacial score (nSPS) is 10.3. The first-order valence-electron chi connectivity index (χ1n) is 5.80. The Morgan fingerprint density at radius 2 is 2.32 bits per heavy atom. The quantitative estimate of drug-likeness (QED) is 0.938. The zero-order valence-corrected chi connectivity index (χ0v) is 11.6. The number of nitrogens with one attached hydrogen (secondary N) is 1. The average molecular weight is 279 g/mol. The molecule has 100 valence electrons. The third-order valence-electron chi connectivity index (χ3n) is 2.60. The van der Waals surface area contributed by atoms with Gasteiger partial charge in [0, 0.05) is 36.6 Å². The molecule has 1 aromatic heterocycles. The maximum atomic E-state index is 12.0. The largest absolute Gasteiger partial charge is 0.323 e. The minimum atomic E-state index is -0.189. The molecule has 1 N–H and O–H groups in total. The lowest BCUT2D eigenvalue weighted by Gasteiger charge is -2.17. The minimum absolute atomic E-state index is 0.189. The second-order valence-electron chi connectivity index (χ2n) is 4.32. The lowest BCUT2D eigenvalue weighted by molar-refractivity contribution is 0.220. The summed E-state index contributed by atoms with van der Waals surface area (Å²) in [4.78, 5) is 13.6. The third-order valence-corrected chi connectivity index (χ3v) is 2.84. The molecule has 5 nitrogen and oxygen atoms in total. The number of aromatic nitrogens is 2. The number of amides is 2. The highest BCUT2D eigenvalue weighted by Crippen LogP contribution is 2.15. The van der Waals surface area contributed by atoms with E-state index in [9.17, 15) is 4.79 Å². The second kappa shape index (κ2) is 5.75. The van der Waals surface area contributed by atoms with E-state index in [0.717, 1.165) is 5.56 Å². The predicted molar refractivity (Wildman–Crippen MR) is 75.1 cm³/mol. The Hall–Kier alpha value is -2.01. The summed E-state index contributed by atoms with van der Waals surface area (Å²) >= 11 is 5.86. The van der Waals surface area contributed by atoms with Crippen molar-refractivity contribution >= 4 is 23.3 Å². The fraction of sp³-hybridized carbons (Fsp3) is 0.231. The summed E-state index contributed by atoms with van der Waals surface area (Å²) in [5, 5.41) is 7.44. The third kappa shape index (κ3) is 3.72. The topological polar surface area (TPSA) is 50.2 Å². The van der Waals surface area contributed by atoms with E-state index in [2.05, 4.69) is 10.4 Å². The number of carbonyl (C=O) groups excluding carboxylic acids is 1. The van der Waals surface area contributed by atoms with Gasteiger partial charge in [0.2, 0.25) is 0 Å². The minimum Gasteiger partial charge on any atom is -0.323 e. The Balaban J connectivity index is 1.96. The zero-order valence-electron chi connectivity index (χ0n) is 10.8. The molecule has 0 aliphatic carbocycles. The number of halogens is 1. The van der Waals surface area contributed by atoms with Crippen LogP contribution in [0.25, 0.3) is 0 Å². The van der Waals surface area contributed by atoms with Crippen molar-refractivity contribution in [3.63, 3.8) is 0 Å². The van der Waals surface area contributed by atoms with E-state index in [1.54, 1.807) is 47.1 Å². The molecule has 0 saturated carbocycles. The molecule has 2 amide bonds. The molecular weight excluding hydrogens is 264 g/mol. The highest BCUT2D eigenvalue weighted by atomic mass is 35.5. The molecule has 0 unspecified atom stereocenters. The second-order valence-corrected chi connectivity index (χ2v) is 4.76. The van der Waals surface area contributed by atoms with Gasteiger partial charge in [0.05, 0.1) is 12.7 Å². The van der Waals surface area contributed by atoms with Gasteiger partial charge in [-0.2, -0.15) is 5.10 Å². The van der Waals surface area contributed by atoms with Crippen molar-refractivity contribution in [1.29, 1.82) is 0 Å². The SMILES string of the molecule is CN(Cc1cnn(C)c1)C(=O)Nc1cccc(Cl)c1. The summed E-state index contributed by atoms with van der Waals surface area (Å²) in [5.41, 5.74) is 1.65. The molecule has 0 bridgehead atoms. The van der Waals surface area contributed by atoms with Crippen molar-refractivity contribution in [3.05, 3.63) is 47.2 Å². The summed E-state index contributed by atoms with van der Waals surface area (Å²) in [5.74, 6) is 0. The van der Waals surface area contributed by atoms with Gasteiger partial charge in [-0.3, -0.25) is 4.68 Å². The fourth-order valence-electron chi connectivity index (χ4n) is 1.68. The molecule has 19 heavy (non-hydrogen) atoms. The number of aryl methyl sites for hydroxylation is 1. The first-order valence-corrected chi connectivity index (χ1v) is 6.17. The Bertz CT molecular complexity index is 582.